The van der Waals surface area contributed by atoms with Crippen LogP contribution in [-0.2, 0) is 10.8 Å². The number of hydrogen-bond acceptors (Lipinski definition) is 2. The predicted molar refractivity (Wildman–Crippen MR) is 377 cm³/mol. The molecule has 88 heavy (non-hydrogen) atoms. The van der Waals surface area contributed by atoms with Crippen LogP contribution in [0, 0.1) is 0 Å². The normalized spacial score (nSPS) is 12.7. The summed E-state index contributed by atoms with van der Waals surface area (Å²) < 4.78 is 11.1. The van der Waals surface area contributed by atoms with Crippen molar-refractivity contribution >= 4 is 158 Å². The number of fused-ring (bicyclic) bond motifs is 19. The van der Waals surface area contributed by atoms with Gasteiger partial charge in [-0.25, -0.2) is 0 Å². The number of hydrogen-bond donors (Lipinski definition) is 0. The molecule has 0 N–H and O–H groups in total. The highest BCUT2D eigenvalue weighted by molar-refractivity contribution is 6.27. The monoisotopic (exact) mass is 1130 g/mol. The Balaban J connectivity index is 0.000000134. The van der Waals surface area contributed by atoms with E-state index < -0.39 is 0 Å². The van der Waals surface area contributed by atoms with Crippen LogP contribution in [0.15, 0.2) is 265 Å². The second kappa shape index (κ2) is 18.4. The van der Waals surface area contributed by atoms with Crippen LogP contribution in [0.25, 0.3) is 152 Å². The number of rotatable bonds is 4. The predicted octanol–water partition coefficient (Wildman–Crippen LogP) is 23.9. The van der Waals surface area contributed by atoms with Gasteiger partial charge in [-0.2, -0.15) is 0 Å². The van der Waals surface area contributed by atoms with E-state index in [4.69, 9.17) is 4.42 Å². The molecule has 0 saturated carbocycles. The summed E-state index contributed by atoms with van der Waals surface area (Å²) in [7, 11) is 0. The highest BCUT2D eigenvalue weighted by Gasteiger charge is 2.23. The highest BCUT2D eigenvalue weighted by atomic mass is 16.3. The van der Waals surface area contributed by atoms with Gasteiger partial charge in [0.15, 0.2) is 0 Å². The van der Waals surface area contributed by atoms with Gasteiger partial charge in [-0.1, -0.05) is 193 Å². The average Bonchev–Trinajstić information content (AvgIpc) is 1.56. The number of anilines is 3. The van der Waals surface area contributed by atoms with Gasteiger partial charge in [-0.15, -0.1) is 0 Å². The zero-order valence-corrected chi connectivity index (χ0v) is 50.1. The van der Waals surface area contributed by atoms with Gasteiger partial charge in [0, 0.05) is 70.9 Å². The first-order valence-corrected chi connectivity index (χ1v) is 30.9. The van der Waals surface area contributed by atoms with Crippen molar-refractivity contribution in [1.82, 2.24) is 8.80 Å². The molecule has 0 bridgehead atoms. The fourth-order valence-electron chi connectivity index (χ4n) is 14.7. The SMILES string of the molecule is CC(C)(C)c1ccc(N(c2ccc(C(C)(C)C)cc2)c2ccc3cc4c5cccc6c7cc8ccccc8cc7n(c4cc3c2)c65)cc1.c1ccc2cc3c(cc2c1)c1cccc2c4cc5ccc(-c6ccc7oc8ccccc8c7c6)cc5cc4n3c12. The van der Waals surface area contributed by atoms with Crippen LogP contribution in [0.4, 0.5) is 17.1 Å². The van der Waals surface area contributed by atoms with Crippen LogP contribution in [0.2, 0.25) is 0 Å². The van der Waals surface area contributed by atoms with Gasteiger partial charge in [-0.05, 0) is 185 Å². The van der Waals surface area contributed by atoms with E-state index in [2.05, 4.69) is 304 Å². The third kappa shape index (κ3) is 7.64. The molecule has 0 aliphatic heterocycles. The summed E-state index contributed by atoms with van der Waals surface area (Å²) in [5.41, 5.74) is 18.3. The Bertz CT molecular complexity index is 6000. The van der Waals surface area contributed by atoms with Crippen molar-refractivity contribution in [3.05, 3.63) is 272 Å². The molecule has 0 aliphatic rings. The lowest BCUT2D eigenvalue weighted by Gasteiger charge is -2.28. The number of nitrogens with zero attached hydrogens (tertiary/aromatic N) is 3. The van der Waals surface area contributed by atoms with E-state index in [1.54, 1.807) is 0 Å². The number of furan rings is 1. The maximum absolute atomic E-state index is 6.07. The molecule has 0 saturated heterocycles. The molecule has 0 unspecified atom stereocenters. The van der Waals surface area contributed by atoms with Crippen molar-refractivity contribution in [3.63, 3.8) is 0 Å². The van der Waals surface area contributed by atoms with Gasteiger partial charge < -0.3 is 18.1 Å². The topological polar surface area (TPSA) is 25.2 Å². The molecule has 418 valence electrons. The molecule has 0 radical (unpaired) electrons. The lowest BCUT2D eigenvalue weighted by molar-refractivity contribution is 0.590. The minimum absolute atomic E-state index is 0.0962. The third-order valence-corrected chi connectivity index (χ3v) is 19.2. The molecule has 5 heterocycles. The Morgan fingerprint density at radius 1 is 0.261 bits per heavy atom. The first kappa shape index (κ1) is 50.6. The zero-order chi connectivity index (χ0) is 58.9. The van der Waals surface area contributed by atoms with E-state index in [1.807, 2.05) is 12.1 Å². The van der Waals surface area contributed by atoms with E-state index in [1.165, 1.54) is 142 Å². The minimum atomic E-state index is 0.0962. The molecule has 0 aliphatic carbocycles. The molecule has 0 fully saturated rings. The lowest BCUT2D eigenvalue weighted by atomic mass is 9.86. The summed E-state index contributed by atoms with van der Waals surface area (Å²) in [6.07, 6.45) is 0. The summed E-state index contributed by atoms with van der Waals surface area (Å²) in [6.45, 7) is 13.6. The van der Waals surface area contributed by atoms with Gasteiger partial charge in [0.05, 0.1) is 33.1 Å². The van der Waals surface area contributed by atoms with Crippen molar-refractivity contribution in [1.29, 1.82) is 0 Å². The molecule has 5 aromatic heterocycles. The number of benzene rings is 14. The van der Waals surface area contributed by atoms with Crippen LogP contribution in [-0.4, -0.2) is 8.80 Å². The van der Waals surface area contributed by atoms with E-state index in [-0.39, 0.29) is 10.8 Å². The smallest absolute Gasteiger partial charge is 0.135 e. The molecular formula is C84H61N3O. The Morgan fingerprint density at radius 3 is 1.11 bits per heavy atom. The van der Waals surface area contributed by atoms with Gasteiger partial charge in [0.2, 0.25) is 0 Å². The number of para-hydroxylation sites is 3. The summed E-state index contributed by atoms with van der Waals surface area (Å²) in [4.78, 5) is 2.40. The van der Waals surface area contributed by atoms with Gasteiger partial charge in [0.1, 0.15) is 11.2 Å². The molecule has 19 aromatic rings. The molecule has 14 aromatic carbocycles. The summed E-state index contributed by atoms with van der Waals surface area (Å²) in [6, 6.07) is 96.7. The van der Waals surface area contributed by atoms with Gasteiger partial charge in [0.25, 0.3) is 0 Å². The second-order valence-electron chi connectivity index (χ2n) is 26.6. The maximum atomic E-state index is 6.07. The zero-order valence-electron chi connectivity index (χ0n) is 50.1. The van der Waals surface area contributed by atoms with E-state index in [0.29, 0.717) is 0 Å². The van der Waals surface area contributed by atoms with Crippen LogP contribution >= 0.6 is 0 Å². The lowest BCUT2D eigenvalue weighted by Crippen LogP contribution is -2.14. The van der Waals surface area contributed by atoms with Crippen LogP contribution in [0.5, 0.6) is 0 Å². The van der Waals surface area contributed by atoms with Crippen molar-refractivity contribution in [2.75, 3.05) is 4.90 Å². The minimum Gasteiger partial charge on any atom is -0.456 e. The third-order valence-electron chi connectivity index (χ3n) is 19.2. The van der Waals surface area contributed by atoms with Gasteiger partial charge in [-0.3, -0.25) is 0 Å². The standard InChI is InChI=1S/C46H40N2.C38H21NO/c1-45(2,3)33-15-20-35(21-16-33)47(36-22-17-34(18-23-36)46(4,5)6)37-19-14-31-26-41-39-13-9-12-38-40-25-29-10-7-8-11-30(29)27-42(40)48(44(38)39)43(41)28-32(31)24-37;1-2-7-23-20-34-31(17-22(23)6-1)29-9-5-10-30-32-18-26-13-12-24(16-27(26)21-35(32)39(34)38(29)30)25-14-15-37-33(19-25)28-8-3-4-11-36(28)40-37/h7-28H,1-6H3;1-21H. The van der Waals surface area contributed by atoms with Crippen LogP contribution < -0.4 is 4.90 Å². The molecule has 0 amide bonds. The Kier molecular flexibility index (Phi) is 10.6. The van der Waals surface area contributed by atoms with E-state index in [0.717, 1.165) is 39.0 Å². The fourth-order valence-corrected chi connectivity index (χ4v) is 14.7. The van der Waals surface area contributed by atoms with Crippen molar-refractivity contribution in [3.8, 4) is 11.1 Å². The molecule has 0 spiro atoms. The van der Waals surface area contributed by atoms with Crippen molar-refractivity contribution in [2.45, 2.75) is 52.4 Å². The van der Waals surface area contributed by atoms with Crippen molar-refractivity contribution in [2.24, 2.45) is 0 Å². The summed E-state index contributed by atoms with van der Waals surface area (Å²) >= 11 is 0. The summed E-state index contributed by atoms with van der Waals surface area (Å²) in [5, 5.41) is 22.9. The Morgan fingerprint density at radius 2 is 0.625 bits per heavy atom. The van der Waals surface area contributed by atoms with E-state index >= 15 is 0 Å². The Hall–Kier alpha value is -10.7. The maximum Gasteiger partial charge on any atom is 0.135 e. The molecular weight excluding hydrogens is 1070 g/mol. The van der Waals surface area contributed by atoms with Crippen molar-refractivity contribution < 1.29 is 4.42 Å². The van der Waals surface area contributed by atoms with Gasteiger partial charge >= 0.3 is 0 Å². The first-order valence-electron chi connectivity index (χ1n) is 30.9. The molecule has 0 atom stereocenters. The fraction of sp³-hybridized carbons (Fsp3) is 0.0952. The highest BCUT2D eigenvalue weighted by Crippen LogP contribution is 2.46. The van der Waals surface area contributed by atoms with Crippen LogP contribution in [0.3, 0.4) is 0 Å². The van der Waals surface area contributed by atoms with E-state index in [9.17, 15) is 0 Å². The molecule has 4 nitrogen and oxygen atoms in total. The quantitative estimate of drug-likeness (QED) is 0.175. The second-order valence-corrected chi connectivity index (χ2v) is 26.6. The van der Waals surface area contributed by atoms with Crippen LogP contribution in [0.1, 0.15) is 52.7 Å². The largest absolute Gasteiger partial charge is 0.456 e. The first-order chi connectivity index (χ1) is 42.8. The Labute approximate surface area is 509 Å². The molecule has 4 heteroatoms. The summed E-state index contributed by atoms with van der Waals surface area (Å²) in [5.74, 6) is 0. The molecule has 19 rings (SSSR count). The number of aromatic nitrogens is 2. The average molecular weight is 1130 g/mol.